The van der Waals surface area contributed by atoms with Gasteiger partial charge in [-0.15, -0.1) is 0 Å². The molecule has 1 amide bonds. The van der Waals surface area contributed by atoms with Crippen LogP contribution < -0.4 is 19.7 Å². The maximum atomic E-state index is 13.5. The molecule has 0 saturated heterocycles. The molecule has 0 bridgehead atoms. The number of hydrogen-bond acceptors (Lipinski definition) is 12. The lowest BCUT2D eigenvalue weighted by Gasteiger charge is -2.29. The summed E-state index contributed by atoms with van der Waals surface area (Å²) in [6.45, 7) is 1.51. The normalized spacial score (nSPS) is 12.6. The van der Waals surface area contributed by atoms with E-state index in [4.69, 9.17) is 9.47 Å². The molecule has 3 aromatic carbocycles. The van der Waals surface area contributed by atoms with E-state index in [0.29, 0.717) is 65.4 Å². The summed E-state index contributed by atoms with van der Waals surface area (Å²) in [5, 5.41) is 18.8. The molecule has 1 aliphatic rings. The van der Waals surface area contributed by atoms with Crippen LogP contribution >= 0.6 is 22.7 Å². The molecule has 5 heterocycles. The first-order valence-corrected chi connectivity index (χ1v) is 17.4. The van der Waals surface area contributed by atoms with Crippen LogP contribution in [0.15, 0.2) is 85.5 Å². The first-order chi connectivity index (χ1) is 24.5. The Hall–Kier alpha value is -5.93. The zero-order chi connectivity index (χ0) is 34.0. The number of amides is 1. The molecule has 0 aliphatic carbocycles. The summed E-state index contributed by atoms with van der Waals surface area (Å²) in [6.07, 6.45) is 5.34. The highest BCUT2D eigenvalue weighted by Crippen LogP contribution is 2.36. The van der Waals surface area contributed by atoms with Crippen molar-refractivity contribution in [3.05, 3.63) is 107 Å². The van der Waals surface area contributed by atoms with Crippen LogP contribution in [0.25, 0.3) is 26.9 Å². The van der Waals surface area contributed by atoms with Gasteiger partial charge in [0.1, 0.15) is 12.1 Å². The van der Waals surface area contributed by atoms with Gasteiger partial charge in [0.25, 0.3) is 5.91 Å². The Labute approximate surface area is 292 Å². The van der Waals surface area contributed by atoms with Crippen molar-refractivity contribution in [2.24, 2.45) is 0 Å². The standard InChI is InChI=1S/C35H28N8O5S2/c44-31(40-33-39-27-7-1-2-8-28(27)49-33)25-6-3-5-21-14-15-42(19-26(21)25)34-41-32(48-35(45)46)29(50-34)9-4-16-47-24-12-10-23(11-13-24)43-30-22(18-38-43)17-36-20-37-30/h1-3,5-8,10-13,17-18,20H,4,9,14-16,19H2,(H,45,46)(H,39,40,44). The molecule has 0 spiro atoms. The third-order valence-electron chi connectivity index (χ3n) is 8.27. The lowest BCUT2D eigenvalue weighted by molar-refractivity contribution is 0.102. The summed E-state index contributed by atoms with van der Waals surface area (Å²) in [5.41, 5.74) is 4.97. The third-order valence-corrected chi connectivity index (χ3v) is 10.4. The Morgan fingerprint density at radius 3 is 2.72 bits per heavy atom. The average molecular weight is 705 g/mol. The Balaban J connectivity index is 0.927. The number of carbonyl (C=O) groups is 2. The molecule has 15 heteroatoms. The Morgan fingerprint density at radius 1 is 0.980 bits per heavy atom. The molecular formula is C35H28N8O5S2. The van der Waals surface area contributed by atoms with E-state index in [9.17, 15) is 14.7 Å². The molecule has 0 atom stereocenters. The predicted molar refractivity (Wildman–Crippen MR) is 190 cm³/mol. The summed E-state index contributed by atoms with van der Waals surface area (Å²) in [4.78, 5) is 45.3. The quantitative estimate of drug-likeness (QED) is 0.114. The van der Waals surface area contributed by atoms with Crippen LogP contribution in [0.2, 0.25) is 0 Å². The first kappa shape index (κ1) is 31.3. The van der Waals surface area contributed by atoms with Crippen LogP contribution in [0.4, 0.5) is 15.1 Å². The van der Waals surface area contributed by atoms with Gasteiger partial charge >= 0.3 is 6.16 Å². The largest absolute Gasteiger partial charge is 0.512 e. The number of carboxylic acid groups (broad SMARTS) is 1. The third kappa shape index (κ3) is 6.43. The maximum Gasteiger partial charge on any atom is 0.512 e. The van der Waals surface area contributed by atoms with Crippen LogP contribution in [0.1, 0.15) is 32.8 Å². The molecule has 0 radical (unpaired) electrons. The van der Waals surface area contributed by atoms with Gasteiger partial charge in [-0.1, -0.05) is 46.9 Å². The summed E-state index contributed by atoms with van der Waals surface area (Å²) in [6, 6.07) is 21.1. The van der Waals surface area contributed by atoms with Gasteiger partial charge in [0.2, 0.25) is 5.88 Å². The van der Waals surface area contributed by atoms with Crippen LogP contribution in [0, 0.1) is 0 Å². The fourth-order valence-corrected chi connectivity index (χ4v) is 7.82. The van der Waals surface area contributed by atoms with Gasteiger partial charge in [0, 0.05) is 24.8 Å². The molecule has 0 unspecified atom stereocenters. The monoisotopic (exact) mass is 704 g/mol. The number of rotatable bonds is 10. The molecule has 13 nitrogen and oxygen atoms in total. The summed E-state index contributed by atoms with van der Waals surface area (Å²) in [7, 11) is 0. The predicted octanol–water partition coefficient (Wildman–Crippen LogP) is 6.77. The highest BCUT2D eigenvalue weighted by atomic mass is 32.1. The minimum atomic E-state index is -1.42. The zero-order valence-corrected chi connectivity index (χ0v) is 28.0. The number of aromatic nitrogens is 6. The molecule has 250 valence electrons. The second kappa shape index (κ2) is 13.5. The Morgan fingerprint density at radius 2 is 1.86 bits per heavy atom. The summed E-state index contributed by atoms with van der Waals surface area (Å²) >= 11 is 2.82. The van der Waals surface area contributed by atoms with Crippen molar-refractivity contribution in [1.82, 2.24) is 29.7 Å². The molecule has 4 aromatic heterocycles. The number of fused-ring (bicyclic) bond motifs is 3. The molecule has 1 aliphatic heterocycles. The lowest BCUT2D eigenvalue weighted by atomic mass is 9.94. The maximum absolute atomic E-state index is 13.5. The van der Waals surface area contributed by atoms with Crippen molar-refractivity contribution < 1.29 is 24.2 Å². The van der Waals surface area contributed by atoms with Crippen LogP contribution in [-0.4, -0.2) is 60.0 Å². The molecule has 0 saturated carbocycles. The minimum absolute atomic E-state index is 0.0739. The number of benzene rings is 3. The summed E-state index contributed by atoms with van der Waals surface area (Å²) in [5.74, 6) is 0.545. The first-order valence-electron chi connectivity index (χ1n) is 15.8. The van der Waals surface area contributed by atoms with Gasteiger partial charge in [-0.3, -0.25) is 10.1 Å². The van der Waals surface area contributed by atoms with Gasteiger partial charge < -0.3 is 19.5 Å². The smallest absolute Gasteiger partial charge is 0.494 e. The fraction of sp³-hybridized carbons (Fsp3) is 0.171. The van der Waals surface area contributed by atoms with Crippen molar-refractivity contribution in [3.63, 3.8) is 0 Å². The van der Waals surface area contributed by atoms with Crippen LogP contribution in [0.5, 0.6) is 11.6 Å². The van der Waals surface area contributed by atoms with Gasteiger partial charge in [-0.25, -0.2) is 24.4 Å². The Bertz CT molecular complexity index is 2320. The van der Waals surface area contributed by atoms with Gasteiger partial charge in [0.15, 0.2) is 15.9 Å². The SMILES string of the molecule is O=C(O)Oc1nc(N2CCc3cccc(C(=O)Nc4nc5ccccc5s4)c3C2)sc1CCCOc1ccc(-n2ncc3cncnc32)cc1. The number of thiazole rings is 2. The number of ether oxygens (including phenoxy) is 2. The van der Waals surface area contributed by atoms with E-state index < -0.39 is 6.16 Å². The highest BCUT2D eigenvalue weighted by molar-refractivity contribution is 7.22. The van der Waals surface area contributed by atoms with Crippen molar-refractivity contribution in [3.8, 4) is 17.3 Å². The number of para-hydroxylation sites is 1. The van der Waals surface area contributed by atoms with Crippen LogP contribution in [-0.2, 0) is 19.4 Å². The molecule has 50 heavy (non-hydrogen) atoms. The molecule has 2 N–H and O–H groups in total. The van der Waals surface area contributed by atoms with Gasteiger partial charge in [0.05, 0.1) is 39.0 Å². The number of aryl methyl sites for hydroxylation is 1. The van der Waals surface area contributed by atoms with Crippen LogP contribution in [0.3, 0.4) is 0 Å². The molecular weight excluding hydrogens is 677 g/mol. The van der Waals surface area contributed by atoms with E-state index >= 15 is 0 Å². The van der Waals surface area contributed by atoms with Crippen molar-refractivity contribution in [2.45, 2.75) is 25.8 Å². The highest BCUT2D eigenvalue weighted by Gasteiger charge is 2.26. The summed E-state index contributed by atoms with van der Waals surface area (Å²) < 4.78 is 13.8. The average Bonchev–Trinajstić information content (AvgIpc) is 3.86. The topological polar surface area (TPSA) is 157 Å². The minimum Gasteiger partial charge on any atom is -0.494 e. The van der Waals surface area contributed by atoms with E-state index in [1.165, 1.54) is 29.0 Å². The zero-order valence-electron chi connectivity index (χ0n) is 26.4. The van der Waals surface area contributed by atoms with Crippen molar-refractivity contribution in [2.75, 3.05) is 23.4 Å². The van der Waals surface area contributed by atoms with Crippen molar-refractivity contribution >= 4 is 66.2 Å². The fourth-order valence-electron chi connectivity index (χ4n) is 5.90. The van der Waals surface area contributed by atoms with E-state index in [2.05, 4.69) is 35.3 Å². The second-order valence-corrected chi connectivity index (χ2v) is 13.5. The number of nitrogens with one attached hydrogen (secondary N) is 1. The molecule has 7 aromatic rings. The van der Waals surface area contributed by atoms with Crippen molar-refractivity contribution in [1.29, 1.82) is 0 Å². The van der Waals surface area contributed by atoms with E-state index in [1.54, 1.807) is 17.1 Å². The Kier molecular flexibility index (Phi) is 8.48. The number of anilines is 2. The second-order valence-electron chi connectivity index (χ2n) is 11.5. The van der Waals surface area contributed by atoms with E-state index in [0.717, 1.165) is 38.1 Å². The van der Waals surface area contributed by atoms with E-state index in [1.807, 2.05) is 66.7 Å². The molecule has 0 fully saturated rings. The van der Waals surface area contributed by atoms with E-state index in [-0.39, 0.29) is 11.8 Å². The number of carbonyl (C=O) groups excluding carboxylic acids is 1. The molecule has 8 rings (SSSR count). The number of hydrogen-bond donors (Lipinski definition) is 2. The lowest BCUT2D eigenvalue weighted by Crippen LogP contribution is -2.32. The van der Waals surface area contributed by atoms with Gasteiger partial charge in [-0.05, 0) is 72.9 Å². The van der Waals surface area contributed by atoms with Gasteiger partial charge in [-0.2, -0.15) is 10.1 Å². The number of nitrogens with zero attached hydrogens (tertiary/aromatic N) is 7.